The predicted octanol–water partition coefficient (Wildman–Crippen LogP) is 6.40. The number of pyridine rings is 1. The largest absolute Gasteiger partial charge is 0.508 e. The van der Waals surface area contributed by atoms with Gasteiger partial charge < -0.3 is 5.11 Å². The molecule has 1 spiro atoms. The average molecular weight is 438 g/mol. The zero-order chi connectivity index (χ0) is 19.6. The molecule has 1 heterocycles. The highest BCUT2D eigenvalue weighted by Gasteiger charge is 2.48. The molecule has 0 amide bonds. The van der Waals surface area contributed by atoms with Crippen LogP contribution in [0.4, 0.5) is 0 Å². The van der Waals surface area contributed by atoms with Gasteiger partial charge >= 0.3 is 0 Å². The Morgan fingerprint density at radius 1 is 0.724 bits per heavy atom. The van der Waals surface area contributed by atoms with Gasteiger partial charge in [-0.25, -0.2) is 0 Å². The number of benzene rings is 3. The van der Waals surface area contributed by atoms with E-state index in [0.717, 1.165) is 26.7 Å². The Kier molecular flexibility index (Phi) is 3.42. The fraction of sp³-hybridized carbons (Fsp3) is 0.0385. The molecule has 0 saturated carbocycles. The number of phenols is 1. The van der Waals surface area contributed by atoms with Crippen LogP contribution in [0.5, 0.6) is 5.75 Å². The lowest BCUT2D eigenvalue weighted by molar-refractivity contribution is 0.473. The lowest BCUT2D eigenvalue weighted by atomic mass is 9.66. The van der Waals surface area contributed by atoms with Crippen molar-refractivity contribution in [2.75, 3.05) is 0 Å². The number of halogens is 1. The van der Waals surface area contributed by atoms with Gasteiger partial charge in [-0.1, -0.05) is 64.5 Å². The second-order valence-corrected chi connectivity index (χ2v) is 8.47. The van der Waals surface area contributed by atoms with E-state index >= 15 is 0 Å². The molecule has 1 aromatic heterocycles. The van der Waals surface area contributed by atoms with Gasteiger partial charge in [-0.2, -0.15) is 0 Å². The van der Waals surface area contributed by atoms with Crippen LogP contribution < -0.4 is 0 Å². The number of fused-ring (bicyclic) bond motifs is 9. The summed E-state index contributed by atoms with van der Waals surface area (Å²) in [6.07, 6.45) is 8.16. The first kappa shape index (κ1) is 16.8. The zero-order valence-corrected chi connectivity index (χ0v) is 17.0. The van der Waals surface area contributed by atoms with Crippen molar-refractivity contribution in [1.82, 2.24) is 4.98 Å². The summed E-state index contributed by atoms with van der Waals surface area (Å²) < 4.78 is 1.03. The van der Waals surface area contributed by atoms with E-state index in [1.54, 1.807) is 6.07 Å². The zero-order valence-electron chi connectivity index (χ0n) is 15.4. The quantitative estimate of drug-likeness (QED) is 0.298. The van der Waals surface area contributed by atoms with E-state index in [0.29, 0.717) is 0 Å². The summed E-state index contributed by atoms with van der Waals surface area (Å²) >= 11 is 3.69. The molecule has 2 nitrogen and oxygen atoms in total. The average Bonchev–Trinajstić information content (AvgIpc) is 2.96. The molecule has 0 fully saturated rings. The molecule has 4 aromatic rings. The highest BCUT2D eigenvalue weighted by Crippen LogP contribution is 2.58. The second-order valence-electron chi connectivity index (χ2n) is 7.55. The summed E-state index contributed by atoms with van der Waals surface area (Å²) in [7, 11) is 0. The van der Waals surface area contributed by atoms with Gasteiger partial charge in [0.2, 0.25) is 0 Å². The maximum Gasteiger partial charge on any atom is 0.115 e. The van der Waals surface area contributed by atoms with E-state index in [9.17, 15) is 5.11 Å². The van der Waals surface area contributed by atoms with Crippen LogP contribution in [0.2, 0.25) is 0 Å². The molecule has 1 unspecified atom stereocenters. The summed E-state index contributed by atoms with van der Waals surface area (Å²) in [5.74, 6) is 0.268. The normalized spacial score (nSPS) is 18.0. The van der Waals surface area contributed by atoms with E-state index in [1.165, 1.54) is 22.3 Å². The van der Waals surface area contributed by atoms with Gasteiger partial charge in [0.15, 0.2) is 0 Å². The van der Waals surface area contributed by atoms with E-state index < -0.39 is 5.41 Å². The molecule has 6 rings (SSSR count). The van der Waals surface area contributed by atoms with Crippen LogP contribution in [0.15, 0.2) is 83.6 Å². The Morgan fingerprint density at radius 3 is 2.31 bits per heavy atom. The topological polar surface area (TPSA) is 33.1 Å². The smallest absolute Gasteiger partial charge is 0.115 e. The number of hydrogen-bond donors (Lipinski definition) is 1. The number of aromatic hydroxyl groups is 1. The molecule has 2 aliphatic carbocycles. The molecule has 0 radical (unpaired) electrons. The standard InChI is InChI=1S/C26H16BrNO/c27-18-9-7-16-5-6-17-8-10-19(29)14-24(17)26(23(16)13-18)22-4-2-1-3-20(22)21-11-12-28-15-25(21)26/h1-15,29H. The van der Waals surface area contributed by atoms with Gasteiger partial charge in [-0.15, -0.1) is 0 Å². The van der Waals surface area contributed by atoms with Gasteiger partial charge in [-0.05, 0) is 74.8 Å². The summed E-state index contributed by atoms with van der Waals surface area (Å²) in [4.78, 5) is 4.52. The Hall–Kier alpha value is -3.17. The first-order valence-corrected chi connectivity index (χ1v) is 10.3. The number of aromatic nitrogens is 1. The predicted molar refractivity (Wildman–Crippen MR) is 120 cm³/mol. The fourth-order valence-corrected chi connectivity index (χ4v) is 5.40. The summed E-state index contributed by atoms with van der Waals surface area (Å²) in [5, 5.41) is 10.5. The molecule has 3 aromatic carbocycles. The summed E-state index contributed by atoms with van der Waals surface area (Å²) in [6, 6.07) is 22.8. The molecule has 1 atom stereocenters. The van der Waals surface area contributed by atoms with Crippen molar-refractivity contribution in [2.45, 2.75) is 5.41 Å². The number of nitrogens with zero attached hydrogens (tertiary/aromatic N) is 1. The van der Waals surface area contributed by atoms with Crippen LogP contribution in [0.3, 0.4) is 0 Å². The Morgan fingerprint density at radius 2 is 1.45 bits per heavy atom. The van der Waals surface area contributed by atoms with E-state index in [4.69, 9.17) is 0 Å². The maximum absolute atomic E-state index is 10.5. The van der Waals surface area contributed by atoms with Crippen molar-refractivity contribution >= 4 is 28.1 Å². The highest BCUT2D eigenvalue weighted by molar-refractivity contribution is 9.10. The van der Waals surface area contributed by atoms with Crippen molar-refractivity contribution in [3.8, 4) is 16.9 Å². The van der Waals surface area contributed by atoms with Crippen LogP contribution in [0.1, 0.15) is 33.4 Å². The fourth-order valence-electron chi connectivity index (χ4n) is 5.04. The van der Waals surface area contributed by atoms with E-state index in [1.807, 2.05) is 24.5 Å². The molecule has 138 valence electrons. The SMILES string of the molecule is Oc1ccc2c(c1)C1(c3cc(Br)ccc3C=C2)c2ccccc2-c2ccncc21. The van der Waals surface area contributed by atoms with Crippen molar-refractivity contribution in [2.24, 2.45) is 0 Å². The van der Waals surface area contributed by atoms with Gasteiger partial charge in [0.1, 0.15) is 5.75 Å². The molecule has 0 saturated heterocycles. The maximum atomic E-state index is 10.5. The lowest BCUT2D eigenvalue weighted by Gasteiger charge is -2.35. The first-order valence-electron chi connectivity index (χ1n) is 9.55. The first-order chi connectivity index (χ1) is 14.2. The summed E-state index contributed by atoms with van der Waals surface area (Å²) in [6.45, 7) is 0. The number of hydrogen-bond acceptors (Lipinski definition) is 2. The molecule has 0 aliphatic heterocycles. The molecule has 0 bridgehead atoms. The highest BCUT2D eigenvalue weighted by atomic mass is 79.9. The van der Waals surface area contributed by atoms with Crippen LogP contribution >= 0.6 is 15.9 Å². The Bertz CT molecular complexity index is 1240. The van der Waals surface area contributed by atoms with Gasteiger partial charge in [-0.3, -0.25) is 4.98 Å². The van der Waals surface area contributed by atoms with Crippen molar-refractivity contribution in [3.63, 3.8) is 0 Å². The minimum atomic E-state index is -0.545. The third kappa shape index (κ3) is 2.14. The van der Waals surface area contributed by atoms with Crippen molar-refractivity contribution in [1.29, 1.82) is 0 Å². The van der Waals surface area contributed by atoms with E-state index in [2.05, 4.69) is 81.6 Å². The van der Waals surface area contributed by atoms with Gasteiger partial charge in [0.05, 0.1) is 5.41 Å². The van der Waals surface area contributed by atoms with Gasteiger partial charge in [0.25, 0.3) is 0 Å². The minimum Gasteiger partial charge on any atom is -0.508 e. The van der Waals surface area contributed by atoms with E-state index in [-0.39, 0.29) is 5.75 Å². The third-order valence-corrected chi connectivity index (χ3v) is 6.64. The van der Waals surface area contributed by atoms with Crippen LogP contribution in [-0.4, -0.2) is 10.1 Å². The van der Waals surface area contributed by atoms with Gasteiger partial charge in [0, 0.05) is 16.9 Å². The lowest BCUT2D eigenvalue weighted by Crippen LogP contribution is -2.30. The molecule has 29 heavy (non-hydrogen) atoms. The molecule has 1 N–H and O–H groups in total. The molecular weight excluding hydrogens is 422 g/mol. The number of rotatable bonds is 0. The molecule has 2 aliphatic rings. The molecule has 3 heteroatoms. The molecular formula is C26H16BrNO. The number of phenolic OH excluding ortho intramolecular Hbond substituents is 1. The van der Waals surface area contributed by atoms with Crippen LogP contribution in [-0.2, 0) is 5.41 Å². The minimum absolute atomic E-state index is 0.268. The third-order valence-electron chi connectivity index (χ3n) is 6.15. The Balaban J connectivity index is 1.89. The summed E-state index contributed by atoms with van der Waals surface area (Å²) in [5.41, 5.74) is 8.75. The van der Waals surface area contributed by atoms with Crippen LogP contribution in [0, 0.1) is 0 Å². The van der Waals surface area contributed by atoms with Crippen molar-refractivity contribution in [3.05, 3.63) is 117 Å². The monoisotopic (exact) mass is 437 g/mol. The van der Waals surface area contributed by atoms with Crippen molar-refractivity contribution < 1.29 is 5.11 Å². The van der Waals surface area contributed by atoms with Crippen LogP contribution in [0.25, 0.3) is 23.3 Å². The second kappa shape index (κ2) is 5.91. The Labute approximate surface area is 177 Å².